The Morgan fingerprint density at radius 2 is 1.65 bits per heavy atom. The molecule has 0 bridgehead atoms. The molecule has 5 nitrogen and oxygen atoms in total. The van der Waals surface area contributed by atoms with Gasteiger partial charge in [0, 0.05) is 26.0 Å². The van der Waals surface area contributed by atoms with Crippen LogP contribution in [0.4, 0.5) is 5.95 Å². The number of fused-ring (bicyclic) bond motifs is 1. The van der Waals surface area contributed by atoms with E-state index in [-0.39, 0.29) is 5.95 Å². The molecule has 0 amide bonds. The molecule has 23 heavy (non-hydrogen) atoms. The van der Waals surface area contributed by atoms with Crippen molar-refractivity contribution in [2.24, 2.45) is 0 Å². The molecule has 3 rings (SSSR count). The fraction of sp³-hybridized carbons (Fsp3) is 0.125. The molecule has 0 atom stereocenters. The monoisotopic (exact) mass is 437 g/mol. The Labute approximate surface area is 150 Å². The Morgan fingerprint density at radius 3 is 2.35 bits per heavy atom. The third-order valence-corrected chi connectivity index (χ3v) is 4.59. The number of nitrogen functional groups attached to an aromatic ring is 1. The number of nitrogens with zero attached hydrogens (tertiary/aromatic N) is 2. The number of benzene rings is 2. The summed E-state index contributed by atoms with van der Waals surface area (Å²) in [6.07, 6.45) is 0. The lowest BCUT2D eigenvalue weighted by atomic mass is 10.1. The molecule has 1 aromatic heterocycles. The maximum absolute atomic E-state index is 5.89. The first-order valence-corrected chi connectivity index (χ1v) is 8.26. The van der Waals surface area contributed by atoms with Crippen LogP contribution in [0.2, 0.25) is 0 Å². The zero-order chi connectivity index (χ0) is 16.6. The van der Waals surface area contributed by atoms with Crippen molar-refractivity contribution in [2.75, 3.05) is 20.0 Å². The van der Waals surface area contributed by atoms with E-state index in [0.29, 0.717) is 17.0 Å². The molecule has 0 fully saturated rings. The predicted molar refractivity (Wildman–Crippen MR) is 97.9 cm³/mol. The zero-order valence-corrected chi connectivity index (χ0v) is 15.6. The van der Waals surface area contributed by atoms with Gasteiger partial charge in [-0.15, -0.1) is 0 Å². The van der Waals surface area contributed by atoms with Gasteiger partial charge in [-0.1, -0.05) is 31.9 Å². The van der Waals surface area contributed by atoms with E-state index in [0.717, 1.165) is 25.6 Å². The van der Waals surface area contributed by atoms with Crippen molar-refractivity contribution in [3.05, 3.63) is 39.3 Å². The number of hydrogen-bond acceptors (Lipinski definition) is 5. The molecule has 0 aliphatic carbocycles. The lowest BCUT2D eigenvalue weighted by Gasteiger charge is -2.13. The van der Waals surface area contributed by atoms with E-state index < -0.39 is 0 Å². The van der Waals surface area contributed by atoms with E-state index >= 15 is 0 Å². The Morgan fingerprint density at radius 1 is 0.957 bits per heavy atom. The zero-order valence-electron chi connectivity index (χ0n) is 12.4. The summed E-state index contributed by atoms with van der Waals surface area (Å²) in [5, 5.41) is 0.829. The van der Waals surface area contributed by atoms with Gasteiger partial charge in [0.25, 0.3) is 0 Å². The predicted octanol–water partition coefficient (Wildman–Crippen LogP) is 4.42. The number of aromatic nitrogens is 2. The molecule has 0 spiro atoms. The van der Waals surface area contributed by atoms with Crippen LogP contribution in [-0.2, 0) is 0 Å². The van der Waals surface area contributed by atoms with Crippen LogP contribution in [0, 0.1) is 0 Å². The fourth-order valence-corrected chi connectivity index (χ4v) is 3.15. The lowest BCUT2D eigenvalue weighted by molar-refractivity contribution is 0.356. The highest BCUT2D eigenvalue weighted by atomic mass is 79.9. The second kappa shape index (κ2) is 6.33. The van der Waals surface area contributed by atoms with Crippen molar-refractivity contribution in [1.82, 2.24) is 9.97 Å². The minimum atomic E-state index is 0.201. The number of rotatable bonds is 3. The molecule has 1 heterocycles. The van der Waals surface area contributed by atoms with E-state index in [1.807, 2.05) is 24.3 Å². The normalized spacial score (nSPS) is 10.8. The molecule has 0 saturated carbocycles. The van der Waals surface area contributed by atoms with E-state index in [4.69, 9.17) is 15.2 Å². The molecule has 2 aromatic carbocycles. The van der Waals surface area contributed by atoms with Crippen LogP contribution in [0.15, 0.2) is 39.3 Å². The Bertz CT molecular complexity index is 900. The number of halogens is 2. The Hall–Kier alpha value is -1.86. The van der Waals surface area contributed by atoms with Gasteiger partial charge in [-0.2, -0.15) is 0 Å². The second-order valence-electron chi connectivity index (χ2n) is 4.78. The molecule has 118 valence electrons. The molecule has 0 aliphatic rings. The van der Waals surface area contributed by atoms with Crippen LogP contribution in [0.25, 0.3) is 22.2 Å². The van der Waals surface area contributed by atoms with Gasteiger partial charge >= 0.3 is 0 Å². The quantitative estimate of drug-likeness (QED) is 0.655. The summed E-state index contributed by atoms with van der Waals surface area (Å²) in [6.45, 7) is 0. The first-order chi connectivity index (χ1) is 11.0. The van der Waals surface area contributed by atoms with Crippen molar-refractivity contribution in [3.8, 4) is 22.8 Å². The van der Waals surface area contributed by atoms with Crippen molar-refractivity contribution >= 4 is 48.7 Å². The first kappa shape index (κ1) is 16.0. The smallest absolute Gasteiger partial charge is 0.221 e. The molecular weight excluding hydrogens is 426 g/mol. The number of hydrogen-bond donors (Lipinski definition) is 1. The average Bonchev–Trinajstić information content (AvgIpc) is 2.55. The highest BCUT2D eigenvalue weighted by Crippen LogP contribution is 2.38. The second-order valence-corrected chi connectivity index (χ2v) is 6.55. The molecule has 3 aromatic rings. The maximum Gasteiger partial charge on any atom is 0.221 e. The van der Waals surface area contributed by atoms with Crippen LogP contribution < -0.4 is 15.2 Å². The molecule has 0 saturated heterocycles. The van der Waals surface area contributed by atoms with E-state index in [1.54, 1.807) is 20.3 Å². The highest BCUT2D eigenvalue weighted by Gasteiger charge is 2.15. The van der Waals surface area contributed by atoms with Crippen LogP contribution >= 0.6 is 31.9 Å². The molecule has 0 aliphatic heterocycles. The van der Waals surface area contributed by atoms with E-state index in [1.165, 1.54) is 0 Å². The van der Waals surface area contributed by atoms with Crippen molar-refractivity contribution in [1.29, 1.82) is 0 Å². The topological polar surface area (TPSA) is 70.3 Å². The SMILES string of the molecule is COc1cc2nc(N)nc(-c3cc(Br)ccc3Br)c2cc1OC. The third-order valence-electron chi connectivity index (χ3n) is 3.40. The van der Waals surface area contributed by atoms with Gasteiger partial charge in [0.2, 0.25) is 5.95 Å². The average molecular weight is 439 g/mol. The van der Waals surface area contributed by atoms with E-state index in [9.17, 15) is 0 Å². The van der Waals surface area contributed by atoms with Gasteiger partial charge in [0.15, 0.2) is 11.5 Å². The molecule has 0 radical (unpaired) electrons. The first-order valence-electron chi connectivity index (χ1n) is 6.68. The summed E-state index contributed by atoms with van der Waals surface area (Å²) in [7, 11) is 3.18. The van der Waals surface area contributed by atoms with Gasteiger partial charge in [-0.05, 0) is 24.3 Å². The molecule has 0 unspecified atom stereocenters. The van der Waals surface area contributed by atoms with Gasteiger partial charge in [0.05, 0.1) is 25.4 Å². The number of anilines is 1. The van der Waals surface area contributed by atoms with Crippen LogP contribution in [-0.4, -0.2) is 24.2 Å². The van der Waals surface area contributed by atoms with Crippen LogP contribution in [0.1, 0.15) is 0 Å². The highest BCUT2D eigenvalue weighted by molar-refractivity contribution is 9.11. The van der Waals surface area contributed by atoms with Crippen molar-refractivity contribution in [2.45, 2.75) is 0 Å². The molecular formula is C16H13Br2N3O2. The maximum atomic E-state index is 5.89. The van der Waals surface area contributed by atoms with Crippen molar-refractivity contribution in [3.63, 3.8) is 0 Å². The summed E-state index contributed by atoms with van der Waals surface area (Å²) >= 11 is 7.05. The summed E-state index contributed by atoms with van der Waals surface area (Å²) < 4.78 is 12.6. The molecule has 7 heteroatoms. The minimum absolute atomic E-state index is 0.201. The summed E-state index contributed by atoms with van der Waals surface area (Å²) in [5.41, 5.74) is 8.21. The van der Waals surface area contributed by atoms with Gasteiger partial charge in [0.1, 0.15) is 0 Å². The Kier molecular flexibility index (Phi) is 4.41. The van der Waals surface area contributed by atoms with Gasteiger partial charge in [-0.3, -0.25) is 0 Å². The number of methoxy groups -OCH3 is 2. The standard InChI is InChI=1S/C16H13Br2N3O2/c1-22-13-6-10-12(7-14(13)23-2)20-16(19)21-15(10)9-5-8(17)3-4-11(9)18/h3-7H,1-2H3,(H2,19,20,21). The lowest BCUT2D eigenvalue weighted by Crippen LogP contribution is -2.00. The number of nitrogens with two attached hydrogens (primary N) is 1. The summed E-state index contributed by atoms with van der Waals surface area (Å²) in [5.74, 6) is 1.41. The van der Waals surface area contributed by atoms with Crippen LogP contribution in [0.3, 0.4) is 0 Å². The Balaban J connectivity index is 2.38. The van der Waals surface area contributed by atoms with Crippen molar-refractivity contribution < 1.29 is 9.47 Å². The third kappa shape index (κ3) is 2.98. The van der Waals surface area contributed by atoms with Crippen LogP contribution in [0.5, 0.6) is 11.5 Å². The summed E-state index contributed by atoms with van der Waals surface area (Å²) in [6, 6.07) is 9.52. The van der Waals surface area contributed by atoms with E-state index in [2.05, 4.69) is 41.8 Å². The summed E-state index contributed by atoms with van der Waals surface area (Å²) in [4.78, 5) is 8.73. The largest absolute Gasteiger partial charge is 0.493 e. The number of ether oxygens (including phenoxy) is 2. The molecule has 2 N–H and O–H groups in total. The fourth-order valence-electron chi connectivity index (χ4n) is 2.36. The van der Waals surface area contributed by atoms with Gasteiger partial charge in [-0.25, -0.2) is 9.97 Å². The minimum Gasteiger partial charge on any atom is -0.493 e. The van der Waals surface area contributed by atoms with Gasteiger partial charge < -0.3 is 15.2 Å².